The number of rotatable bonds is 4. The molecule has 2 heterocycles. The van der Waals surface area contributed by atoms with Gasteiger partial charge in [-0.2, -0.15) is 0 Å². The summed E-state index contributed by atoms with van der Waals surface area (Å²) in [4.78, 5) is 19.7. The number of ether oxygens (including phenoxy) is 1. The Labute approximate surface area is 126 Å². The molecule has 0 aliphatic heterocycles. The molecule has 0 saturated carbocycles. The van der Waals surface area contributed by atoms with E-state index in [-0.39, 0.29) is 17.4 Å². The SMILES string of the molecule is CC(=O)c1[nH]nnc1Oc1ccc(-c2cnc(C)nc2)cc1. The summed E-state index contributed by atoms with van der Waals surface area (Å²) in [5.74, 6) is 1.27. The number of Topliss-reactive ketones (excluding diaryl/α,β-unsaturated/α-hetero) is 1. The molecule has 7 heteroatoms. The summed E-state index contributed by atoms with van der Waals surface area (Å²) in [5, 5.41) is 9.85. The third-order valence-corrected chi connectivity index (χ3v) is 3.05. The van der Waals surface area contributed by atoms with Gasteiger partial charge in [-0.05, 0) is 24.6 Å². The summed E-state index contributed by atoms with van der Waals surface area (Å²) in [6.07, 6.45) is 3.54. The van der Waals surface area contributed by atoms with Gasteiger partial charge < -0.3 is 4.74 Å². The van der Waals surface area contributed by atoms with Crippen LogP contribution in [0.4, 0.5) is 0 Å². The molecule has 22 heavy (non-hydrogen) atoms. The third kappa shape index (κ3) is 2.83. The van der Waals surface area contributed by atoms with E-state index < -0.39 is 0 Å². The molecule has 1 N–H and O–H groups in total. The van der Waals surface area contributed by atoms with Gasteiger partial charge in [-0.3, -0.25) is 9.89 Å². The van der Waals surface area contributed by atoms with Crippen molar-refractivity contribution in [1.29, 1.82) is 0 Å². The lowest BCUT2D eigenvalue weighted by Gasteiger charge is -2.05. The van der Waals surface area contributed by atoms with Crippen LogP contribution in [-0.4, -0.2) is 31.2 Å². The summed E-state index contributed by atoms with van der Waals surface area (Å²) in [7, 11) is 0. The lowest BCUT2D eigenvalue weighted by Crippen LogP contribution is -1.96. The molecule has 0 spiro atoms. The summed E-state index contributed by atoms with van der Waals surface area (Å²) in [6, 6.07) is 7.34. The Morgan fingerprint density at radius 2 is 1.77 bits per heavy atom. The molecule has 7 nitrogen and oxygen atoms in total. The highest BCUT2D eigenvalue weighted by Gasteiger charge is 2.13. The molecule has 0 amide bonds. The van der Waals surface area contributed by atoms with Crippen LogP contribution in [-0.2, 0) is 0 Å². The first-order valence-corrected chi connectivity index (χ1v) is 6.62. The molecule has 0 saturated heterocycles. The number of aromatic nitrogens is 5. The number of hydrogen-bond acceptors (Lipinski definition) is 6. The van der Waals surface area contributed by atoms with Crippen molar-refractivity contribution >= 4 is 5.78 Å². The number of carbonyl (C=O) groups is 1. The highest BCUT2D eigenvalue weighted by Crippen LogP contribution is 2.25. The fourth-order valence-electron chi connectivity index (χ4n) is 1.89. The van der Waals surface area contributed by atoms with Crippen molar-refractivity contribution in [3.63, 3.8) is 0 Å². The van der Waals surface area contributed by atoms with E-state index in [9.17, 15) is 4.79 Å². The van der Waals surface area contributed by atoms with Crippen LogP contribution in [0.1, 0.15) is 23.2 Å². The van der Waals surface area contributed by atoms with Crippen LogP contribution in [0.3, 0.4) is 0 Å². The number of carbonyl (C=O) groups excluding carboxylic acids is 1. The molecular formula is C15H13N5O2. The molecule has 0 unspecified atom stereocenters. The fourth-order valence-corrected chi connectivity index (χ4v) is 1.89. The van der Waals surface area contributed by atoms with Gasteiger partial charge in [-0.15, -0.1) is 0 Å². The maximum atomic E-state index is 11.4. The van der Waals surface area contributed by atoms with Gasteiger partial charge in [-0.25, -0.2) is 9.97 Å². The maximum absolute atomic E-state index is 11.4. The third-order valence-electron chi connectivity index (χ3n) is 3.05. The predicted molar refractivity (Wildman–Crippen MR) is 78.7 cm³/mol. The van der Waals surface area contributed by atoms with Crippen LogP contribution in [0.5, 0.6) is 11.6 Å². The summed E-state index contributed by atoms with van der Waals surface area (Å²) < 4.78 is 5.56. The molecule has 0 atom stereocenters. The quantitative estimate of drug-likeness (QED) is 0.743. The summed E-state index contributed by atoms with van der Waals surface area (Å²) >= 11 is 0. The Kier molecular flexibility index (Phi) is 3.61. The normalized spacial score (nSPS) is 10.5. The first kappa shape index (κ1) is 13.9. The number of nitrogens with one attached hydrogen (secondary N) is 1. The Bertz CT molecular complexity index is 794. The van der Waals surface area contributed by atoms with Gasteiger partial charge in [0.15, 0.2) is 11.5 Å². The average Bonchev–Trinajstić information content (AvgIpc) is 2.97. The number of aryl methyl sites for hydroxylation is 1. The predicted octanol–water partition coefficient (Wildman–Crippen LogP) is 2.57. The molecule has 3 aromatic rings. The van der Waals surface area contributed by atoms with Gasteiger partial charge in [0.25, 0.3) is 5.88 Å². The molecule has 3 rings (SSSR count). The van der Waals surface area contributed by atoms with Crippen molar-refractivity contribution in [2.75, 3.05) is 0 Å². The summed E-state index contributed by atoms with van der Waals surface area (Å²) in [6.45, 7) is 3.26. The molecule has 2 aromatic heterocycles. The van der Waals surface area contributed by atoms with Crippen molar-refractivity contribution in [3.8, 4) is 22.8 Å². The van der Waals surface area contributed by atoms with E-state index in [1.54, 1.807) is 24.5 Å². The molecule has 0 radical (unpaired) electrons. The largest absolute Gasteiger partial charge is 0.436 e. The van der Waals surface area contributed by atoms with Crippen molar-refractivity contribution in [1.82, 2.24) is 25.4 Å². The average molecular weight is 295 g/mol. The highest BCUT2D eigenvalue weighted by atomic mass is 16.5. The van der Waals surface area contributed by atoms with Gasteiger partial charge in [0.1, 0.15) is 11.6 Å². The second-order valence-corrected chi connectivity index (χ2v) is 4.69. The minimum atomic E-state index is -0.187. The van der Waals surface area contributed by atoms with E-state index in [1.807, 2.05) is 19.1 Å². The van der Waals surface area contributed by atoms with Crippen LogP contribution < -0.4 is 4.74 Å². The number of hydrogen-bond donors (Lipinski definition) is 1. The summed E-state index contributed by atoms with van der Waals surface area (Å²) in [5.41, 5.74) is 2.14. The number of benzene rings is 1. The lowest BCUT2D eigenvalue weighted by atomic mass is 10.1. The van der Waals surface area contributed by atoms with Gasteiger partial charge in [-0.1, -0.05) is 22.4 Å². The van der Waals surface area contributed by atoms with E-state index in [2.05, 4.69) is 25.4 Å². The maximum Gasteiger partial charge on any atom is 0.269 e. The van der Waals surface area contributed by atoms with Crippen LogP contribution >= 0.6 is 0 Å². The van der Waals surface area contributed by atoms with E-state index in [1.165, 1.54) is 6.92 Å². The fraction of sp³-hybridized carbons (Fsp3) is 0.133. The molecule has 0 aliphatic rings. The number of ketones is 1. The van der Waals surface area contributed by atoms with E-state index in [0.29, 0.717) is 5.75 Å². The number of H-pyrrole nitrogens is 1. The Morgan fingerprint density at radius 1 is 1.09 bits per heavy atom. The van der Waals surface area contributed by atoms with Gasteiger partial charge in [0.05, 0.1) is 0 Å². The number of nitrogens with zero attached hydrogens (tertiary/aromatic N) is 4. The highest BCUT2D eigenvalue weighted by molar-refractivity contribution is 5.94. The molecule has 0 aliphatic carbocycles. The standard InChI is InChI=1S/C15H13N5O2/c1-9(21)14-15(19-20-18-14)22-13-5-3-11(4-6-13)12-7-16-10(2)17-8-12/h3-8H,1-2H3,(H,18,19,20). The van der Waals surface area contributed by atoms with Gasteiger partial charge in [0, 0.05) is 24.9 Å². The molecular weight excluding hydrogens is 282 g/mol. The van der Waals surface area contributed by atoms with Crippen LogP contribution in [0.25, 0.3) is 11.1 Å². The second kappa shape index (κ2) is 5.72. The monoisotopic (exact) mass is 295 g/mol. The zero-order chi connectivity index (χ0) is 15.5. The van der Waals surface area contributed by atoms with E-state index >= 15 is 0 Å². The van der Waals surface area contributed by atoms with Crippen molar-refractivity contribution < 1.29 is 9.53 Å². The van der Waals surface area contributed by atoms with Gasteiger partial charge >= 0.3 is 0 Å². The van der Waals surface area contributed by atoms with Crippen LogP contribution in [0.15, 0.2) is 36.7 Å². The first-order valence-electron chi connectivity index (χ1n) is 6.62. The van der Waals surface area contributed by atoms with Crippen molar-refractivity contribution in [3.05, 3.63) is 48.2 Å². The minimum absolute atomic E-state index is 0.166. The Morgan fingerprint density at radius 3 is 2.41 bits per heavy atom. The molecule has 110 valence electrons. The zero-order valence-corrected chi connectivity index (χ0v) is 12.1. The molecule has 0 fully saturated rings. The number of aromatic amines is 1. The minimum Gasteiger partial charge on any atom is -0.436 e. The van der Waals surface area contributed by atoms with Crippen molar-refractivity contribution in [2.45, 2.75) is 13.8 Å². The zero-order valence-electron chi connectivity index (χ0n) is 12.1. The molecule has 0 bridgehead atoms. The Hall–Kier alpha value is -3.09. The first-order chi connectivity index (χ1) is 10.6. The lowest BCUT2D eigenvalue weighted by molar-refractivity contribution is 0.101. The topological polar surface area (TPSA) is 93.7 Å². The van der Waals surface area contributed by atoms with Crippen molar-refractivity contribution in [2.24, 2.45) is 0 Å². The molecule has 1 aromatic carbocycles. The smallest absolute Gasteiger partial charge is 0.269 e. The van der Waals surface area contributed by atoms with Crippen LogP contribution in [0, 0.1) is 6.92 Å². The second-order valence-electron chi connectivity index (χ2n) is 4.69. The van der Waals surface area contributed by atoms with Gasteiger partial charge in [0.2, 0.25) is 0 Å². The Balaban J connectivity index is 1.81. The van der Waals surface area contributed by atoms with Crippen LogP contribution in [0.2, 0.25) is 0 Å². The van der Waals surface area contributed by atoms with E-state index in [4.69, 9.17) is 4.74 Å². The van der Waals surface area contributed by atoms with E-state index in [0.717, 1.165) is 17.0 Å².